The summed E-state index contributed by atoms with van der Waals surface area (Å²) in [5.74, 6) is 1.10. The molecule has 0 amide bonds. The summed E-state index contributed by atoms with van der Waals surface area (Å²) < 4.78 is 0. The van der Waals surface area contributed by atoms with Crippen molar-refractivity contribution >= 4 is 68.4 Å². The van der Waals surface area contributed by atoms with Gasteiger partial charge in [-0.3, -0.25) is 14.9 Å². The maximum absolute atomic E-state index is 4.87. The highest BCUT2D eigenvalue weighted by molar-refractivity contribution is 6.02. The molecule has 0 atom stereocenters. The van der Waals surface area contributed by atoms with Crippen LogP contribution >= 0.6 is 0 Å². The third kappa shape index (κ3) is 10.6. The highest BCUT2D eigenvalue weighted by Crippen LogP contribution is 2.63. The Labute approximate surface area is 813 Å². The number of benzene rings is 17. The minimum Gasteiger partial charge on any atom is -0.309 e. The summed E-state index contributed by atoms with van der Waals surface area (Å²) in [6.45, 7) is 0. The van der Waals surface area contributed by atoms with Crippen LogP contribution in [0.25, 0.3) is 89.0 Å². The zero-order valence-corrected chi connectivity index (χ0v) is 77.4. The highest BCUT2D eigenvalue weighted by atomic mass is 15.2. The third-order valence-electron chi connectivity index (χ3n) is 34.7. The van der Waals surface area contributed by atoms with Crippen LogP contribution in [-0.4, -0.2) is 15.0 Å². The molecule has 11 heterocycles. The molecule has 0 fully saturated rings. The summed E-state index contributed by atoms with van der Waals surface area (Å²) in [6.07, 6.45) is 24.1. The van der Waals surface area contributed by atoms with Crippen LogP contribution in [0.3, 0.4) is 0 Å². The van der Waals surface area contributed by atoms with E-state index in [1.807, 2.05) is 18.6 Å². The Kier molecular flexibility index (Phi) is 15.6. The number of pyridine rings is 3. The second kappa shape index (κ2) is 28.5. The molecule has 8 aliphatic heterocycles. The van der Waals surface area contributed by atoms with Crippen LogP contribution in [0.1, 0.15) is 178 Å². The molecule has 0 saturated heterocycles. The van der Waals surface area contributed by atoms with Crippen LogP contribution in [0.4, 0.5) is 68.4 Å². The fraction of sp³-hybridized carbons (Fsp3) is 0.120. The Morgan fingerprint density at radius 2 is 0.400 bits per heavy atom. The van der Waals surface area contributed by atoms with Crippen molar-refractivity contribution in [1.29, 1.82) is 0 Å². The molecule has 0 radical (unpaired) electrons. The second-order valence-corrected chi connectivity index (χ2v) is 41.4. The van der Waals surface area contributed by atoms with E-state index in [1.54, 1.807) is 61.2 Å². The second-order valence-electron chi connectivity index (χ2n) is 41.4. The molecule has 16 aliphatic rings. The van der Waals surface area contributed by atoms with Crippen molar-refractivity contribution in [3.8, 4) is 89.0 Å². The molecular weight excluding hydrogens is 1700 g/mol. The predicted octanol–water partition coefficient (Wildman–Crippen LogP) is 30.6. The van der Waals surface area contributed by atoms with E-state index < -0.39 is 0 Å². The van der Waals surface area contributed by atoms with Crippen molar-refractivity contribution in [2.45, 2.75) is 103 Å². The highest BCUT2D eigenvalue weighted by Gasteiger charge is 2.45. The normalized spacial score (nSPS) is 14.9. The maximum atomic E-state index is 4.87. The lowest BCUT2D eigenvalue weighted by Gasteiger charge is -2.40. The van der Waals surface area contributed by atoms with Gasteiger partial charge in [-0.05, 0) is 392 Å². The lowest BCUT2D eigenvalue weighted by molar-refractivity contribution is 0.960. The van der Waals surface area contributed by atoms with Gasteiger partial charge in [0.1, 0.15) is 5.82 Å². The topological polar surface area (TPSA) is 51.6 Å². The fourth-order valence-electron chi connectivity index (χ4n) is 28.8. The van der Waals surface area contributed by atoms with Gasteiger partial charge in [-0.2, -0.15) is 0 Å². The number of aromatic nitrogens is 3. The van der Waals surface area contributed by atoms with Crippen molar-refractivity contribution in [2.75, 3.05) is 19.6 Å². The Bertz CT molecular complexity index is 8040. The van der Waals surface area contributed by atoms with E-state index in [0.29, 0.717) is 0 Å². The molecule has 3 aromatic heterocycles. The number of rotatable bonds is 0. The van der Waals surface area contributed by atoms with E-state index in [1.165, 1.54) is 269 Å². The zero-order valence-electron chi connectivity index (χ0n) is 77.4. The molecule has 0 saturated carbocycles. The standard InChI is InChI=1S/C34H23N.3C33H22N2/c1-4-10-24-20(7-1)16-27-25(24)13-14-26-28-18-23-15-21-8-2-5-11-32(21)35-33-12-6-3-9-22(33)17-31(34(23)35)30(28)19-29(26)27;1-3-9-23-19(6-1)15-26-24(23)11-12-25-27-17-22-14-21-8-5-13-34-33(21)35-31-10-4-2-7-20(31)16-30(32(22)35)29(27)18-28(25)26;1-3-8-22-19(6-1)14-25-23(22)11-12-24-26-16-21-17-30-32(10-5-13-34-30)35-31-9-4-2-7-20(31)15-29(33(21)35)28(26)18-27(24)25;1-3-7-23-19(5-1)14-26-24(23)9-10-25-27-16-21-13-22-18-34-12-11-32(22)35-31-8-4-2-6-20(31)15-30(33(21)35)29(27)17-28(25)26/h1-14,18H,15-17,19H2;1-13,17H,14-16,18H2;1-13,16H,14-15,17-18H2;1-12,16,18H,13-15,17H2. The van der Waals surface area contributed by atoms with Crippen molar-refractivity contribution in [3.63, 3.8) is 0 Å². The van der Waals surface area contributed by atoms with Crippen LogP contribution < -0.4 is 19.6 Å². The molecular formula is C133H89N7. The molecule has 17 aromatic carbocycles. The molecule has 0 N–H and O–H groups in total. The van der Waals surface area contributed by atoms with Crippen LogP contribution in [0.2, 0.25) is 0 Å². The average molecular weight is 1790 g/mol. The van der Waals surface area contributed by atoms with Gasteiger partial charge >= 0.3 is 0 Å². The molecule has 0 spiro atoms. The molecule has 7 heteroatoms. The van der Waals surface area contributed by atoms with Gasteiger partial charge in [0.05, 0.1) is 45.5 Å². The first-order valence-corrected chi connectivity index (χ1v) is 50.4. The Balaban J connectivity index is 0.0000000829. The lowest BCUT2D eigenvalue weighted by Crippen LogP contribution is -2.26. The van der Waals surface area contributed by atoms with E-state index in [2.05, 4.69) is 352 Å². The van der Waals surface area contributed by atoms with Crippen molar-refractivity contribution in [3.05, 3.63) is 524 Å². The van der Waals surface area contributed by atoms with E-state index in [0.717, 1.165) is 109 Å². The van der Waals surface area contributed by atoms with Crippen LogP contribution in [0, 0.1) is 0 Å². The molecule has 140 heavy (non-hydrogen) atoms. The number of hydrogen-bond acceptors (Lipinski definition) is 7. The molecule has 8 aliphatic carbocycles. The van der Waals surface area contributed by atoms with E-state index in [-0.39, 0.29) is 0 Å². The number of fused-ring (bicyclic) bond motifs is 48. The Hall–Kier alpha value is -16.6. The third-order valence-corrected chi connectivity index (χ3v) is 34.7. The summed E-state index contributed by atoms with van der Waals surface area (Å²) in [6, 6.07) is 120. The van der Waals surface area contributed by atoms with Gasteiger partial charge in [0.15, 0.2) is 0 Å². The summed E-state index contributed by atoms with van der Waals surface area (Å²) in [4.78, 5) is 24.2. The van der Waals surface area contributed by atoms with Gasteiger partial charge in [-0.1, -0.05) is 243 Å². The minimum absolute atomic E-state index is 0.899. The molecule has 7 nitrogen and oxygen atoms in total. The molecule has 656 valence electrons. The Morgan fingerprint density at radius 3 is 0.786 bits per heavy atom. The van der Waals surface area contributed by atoms with E-state index in [9.17, 15) is 0 Å². The Morgan fingerprint density at radius 1 is 0.150 bits per heavy atom. The average Bonchev–Trinajstić information content (AvgIpc) is 1.46. The van der Waals surface area contributed by atoms with E-state index in [4.69, 9.17) is 9.97 Å². The summed E-state index contributed by atoms with van der Waals surface area (Å²) >= 11 is 0. The number of anilines is 12. The predicted molar refractivity (Wildman–Crippen MR) is 566 cm³/mol. The van der Waals surface area contributed by atoms with Gasteiger partial charge in [0, 0.05) is 98.9 Å². The first-order valence-electron chi connectivity index (χ1n) is 50.4. The maximum Gasteiger partial charge on any atom is 0.141 e. The van der Waals surface area contributed by atoms with Gasteiger partial charge in [-0.15, -0.1) is 0 Å². The minimum atomic E-state index is 0.899. The van der Waals surface area contributed by atoms with Gasteiger partial charge < -0.3 is 14.7 Å². The SMILES string of the molecule is c1ccc2c(c1)Cc1c-2ccc2c1Cc1c-2cc2c3c1Cc1ccccc1N3c1ccccc1C2.c1ccc2c(c1)Cc1c-2ccc2c1Cc1c-2cc2c3c1Cc1ccccc1N3c1cccnc1C2.c1ccc2c(c1)Cc1c-2ccc2c1Cc1c-2cc2c3c1Cc1ccccc1N3c1ccncc1C2.c1ccc2c(c1)Cc1c-2ccc2c1Cc1c-2cc2c3c1Cc1ccccc1N3c1ncccc1C2. The monoisotopic (exact) mass is 1780 g/mol. The van der Waals surface area contributed by atoms with Crippen molar-refractivity contribution < 1.29 is 0 Å². The number of hydrogen-bond donors (Lipinski definition) is 0. The quantitative estimate of drug-likeness (QED) is 0.150. The van der Waals surface area contributed by atoms with Crippen LogP contribution in [-0.2, 0) is 103 Å². The molecule has 0 bridgehead atoms. The first-order chi connectivity index (χ1) is 69.4. The zero-order chi connectivity index (χ0) is 90.7. The van der Waals surface area contributed by atoms with Crippen molar-refractivity contribution in [1.82, 2.24) is 15.0 Å². The number of para-hydroxylation sites is 5. The summed E-state index contributed by atoms with van der Waals surface area (Å²) in [5.41, 5.74) is 85.1. The van der Waals surface area contributed by atoms with Gasteiger partial charge in [0.25, 0.3) is 0 Å². The first kappa shape index (κ1) is 76.5. The summed E-state index contributed by atoms with van der Waals surface area (Å²) in [7, 11) is 0. The van der Waals surface area contributed by atoms with Crippen LogP contribution in [0.5, 0.6) is 0 Å². The van der Waals surface area contributed by atoms with Gasteiger partial charge in [-0.25, -0.2) is 4.98 Å². The van der Waals surface area contributed by atoms with Crippen LogP contribution in [0.15, 0.2) is 346 Å². The largest absolute Gasteiger partial charge is 0.309 e. The number of nitrogens with zero attached hydrogens (tertiary/aromatic N) is 7. The molecule has 20 aromatic rings. The van der Waals surface area contributed by atoms with Gasteiger partial charge in [0.2, 0.25) is 0 Å². The molecule has 0 unspecified atom stereocenters. The smallest absolute Gasteiger partial charge is 0.141 e. The summed E-state index contributed by atoms with van der Waals surface area (Å²) in [5, 5.41) is 0. The molecule has 36 rings (SSSR count). The van der Waals surface area contributed by atoms with E-state index >= 15 is 0 Å². The van der Waals surface area contributed by atoms with Crippen molar-refractivity contribution in [2.24, 2.45) is 0 Å². The fourth-order valence-corrected chi connectivity index (χ4v) is 28.8. The lowest BCUT2D eigenvalue weighted by atomic mass is 9.82.